The van der Waals surface area contributed by atoms with Gasteiger partial charge in [0.05, 0.1) is 0 Å². The maximum absolute atomic E-state index is 2.49. The second kappa shape index (κ2) is 5.24. The summed E-state index contributed by atoms with van der Waals surface area (Å²) < 4.78 is 1.83. The van der Waals surface area contributed by atoms with Gasteiger partial charge in [0.1, 0.15) is 0 Å². The molecule has 0 aliphatic heterocycles. The molecular weight excluding hydrogens is 254 g/mol. The molecule has 2 heteroatoms. The van der Waals surface area contributed by atoms with Crippen molar-refractivity contribution in [1.29, 1.82) is 0 Å². The van der Waals surface area contributed by atoms with Crippen molar-refractivity contribution in [1.82, 2.24) is 0 Å². The van der Waals surface area contributed by atoms with Crippen LogP contribution in [0.2, 0.25) is 30.6 Å². The zero-order valence-corrected chi connectivity index (χ0v) is 14.0. The molecule has 0 saturated heterocycles. The summed E-state index contributed by atoms with van der Waals surface area (Å²) in [6.45, 7) is 7.40. The Balaban J connectivity index is 3.06. The first-order valence-electron chi connectivity index (χ1n) is 5.68. The molecule has 0 aliphatic carbocycles. The van der Waals surface area contributed by atoms with E-state index in [9.17, 15) is 0 Å². The molecule has 0 bridgehead atoms. The van der Waals surface area contributed by atoms with Crippen molar-refractivity contribution in [3.63, 3.8) is 0 Å². The van der Waals surface area contributed by atoms with E-state index in [1.807, 2.05) is 3.75 Å². The summed E-state index contributed by atoms with van der Waals surface area (Å²) in [6, 6.07) is 10.8. The summed E-state index contributed by atoms with van der Waals surface area (Å²) in [6.07, 6.45) is 2.47. The van der Waals surface area contributed by atoms with Crippen LogP contribution in [0.5, 0.6) is 0 Å². The van der Waals surface area contributed by atoms with Gasteiger partial charge in [-0.15, -0.1) is 0 Å². The minimum atomic E-state index is -1.12. The van der Waals surface area contributed by atoms with Crippen LogP contribution in [0.1, 0.15) is 5.56 Å². The Morgan fingerprint density at radius 3 is 2.00 bits per heavy atom. The number of hydrogen-bond donors (Lipinski definition) is 0. The van der Waals surface area contributed by atoms with Crippen molar-refractivity contribution in [2.75, 3.05) is 0 Å². The Morgan fingerprint density at radius 2 is 1.60 bits per heavy atom. The van der Waals surface area contributed by atoms with E-state index in [2.05, 4.69) is 67.0 Å². The average Bonchev–Trinajstić information content (AvgIpc) is 2.13. The normalized spacial score (nSPS) is 12.7. The van der Waals surface area contributed by atoms with E-state index < -0.39 is 24.3 Å². The third-order valence-electron chi connectivity index (χ3n) is 2.61. The molecule has 0 N–H and O–H groups in total. The second-order valence-electron chi connectivity index (χ2n) is 5.42. The molecule has 0 atom stereocenters. The van der Waals surface area contributed by atoms with E-state index in [1.54, 1.807) is 0 Å². The fraction of sp³-hybridized carbons (Fsp3) is 0.385. The van der Waals surface area contributed by atoms with Crippen LogP contribution < -0.4 is 0 Å². The molecule has 1 aromatic rings. The fourth-order valence-corrected chi connectivity index (χ4v) is 16.3. The van der Waals surface area contributed by atoms with E-state index in [4.69, 9.17) is 0 Å². The molecule has 0 aromatic heterocycles. The van der Waals surface area contributed by atoms with Crippen LogP contribution in [-0.4, -0.2) is 24.3 Å². The zero-order valence-electron chi connectivity index (χ0n) is 10.5. The van der Waals surface area contributed by atoms with Crippen LogP contribution in [0.4, 0.5) is 0 Å². The Labute approximate surface area is 100 Å². The Bertz CT molecular complexity index is 333. The van der Waals surface area contributed by atoms with E-state index in [-0.39, 0.29) is 0 Å². The first-order chi connectivity index (χ1) is 6.91. The van der Waals surface area contributed by atoms with Crippen molar-refractivity contribution < 1.29 is 0 Å². The average molecular weight is 275 g/mol. The van der Waals surface area contributed by atoms with Gasteiger partial charge in [-0.3, -0.25) is 0 Å². The van der Waals surface area contributed by atoms with Gasteiger partial charge in [-0.05, 0) is 0 Å². The summed E-state index contributed by atoms with van der Waals surface area (Å²) in [5, 5.41) is 0. The van der Waals surface area contributed by atoms with Crippen LogP contribution in [0.15, 0.2) is 34.1 Å². The molecule has 0 spiro atoms. The predicted molar refractivity (Wildman–Crippen MR) is 75.2 cm³/mol. The van der Waals surface area contributed by atoms with E-state index in [0.717, 1.165) is 0 Å². The van der Waals surface area contributed by atoms with Crippen LogP contribution in [0.25, 0.3) is 6.08 Å². The van der Waals surface area contributed by atoms with Crippen molar-refractivity contribution in [2.45, 2.75) is 30.6 Å². The molecule has 1 rings (SSSR count). The molecule has 0 aliphatic rings. The number of rotatable bonds is 3. The van der Waals surface area contributed by atoms with Gasteiger partial charge < -0.3 is 0 Å². The van der Waals surface area contributed by atoms with Crippen molar-refractivity contribution in [2.24, 2.45) is 0 Å². The van der Waals surface area contributed by atoms with Gasteiger partial charge in [0.15, 0.2) is 0 Å². The Hall–Kier alpha value is -0.187. The minimum absolute atomic E-state index is 1.09. The Morgan fingerprint density at radius 1 is 1.07 bits per heavy atom. The SMILES string of the molecule is [CH3][Ga]([CH3])/[C](=C/c1ccccc1)[Si](C)(C)C. The van der Waals surface area contributed by atoms with Crippen LogP contribution in [0.3, 0.4) is 0 Å². The summed E-state index contributed by atoms with van der Waals surface area (Å²) in [4.78, 5) is 0. The molecule has 15 heavy (non-hydrogen) atoms. The van der Waals surface area contributed by atoms with Crippen LogP contribution in [-0.2, 0) is 0 Å². The Kier molecular flexibility index (Phi) is 4.50. The molecule has 0 saturated carbocycles. The standard InChI is InChI=1S/C11H15Si.2CH3.Ga/c1-12(2,3)10-9-11-7-5-4-6-8-11;;;/h4-9H,1-3H3;2*1H3;. The van der Waals surface area contributed by atoms with Gasteiger partial charge in [0.2, 0.25) is 0 Å². The molecule has 0 radical (unpaired) electrons. The van der Waals surface area contributed by atoms with Crippen molar-refractivity contribution in [3.05, 3.63) is 39.6 Å². The molecule has 0 unspecified atom stereocenters. The summed E-state index contributed by atoms with van der Waals surface area (Å²) in [7, 11) is -1.09. The summed E-state index contributed by atoms with van der Waals surface area (Å²) in [5.74, 6) is 0. The van der Waals surface area contributed by atoms with Gasteiger partial charge in [0, 0.05) is 0 Å². The summed E-state index contributed by atoms with van der Waals surface area (Å²) in [5.41, 5.74) is 6.36. The van der Waals surface area contributed by atoms with Gasteiger partial charge in [-0.25, -0.2) is 0 Å². The summed E-state index contributed by atoms with van der Waals surface area (Å²) >= 11 is -1.12. The molecule has 0 amide bonds. The van der Waals surface area contributed by atoms with Crippen LogP contribution >= 0.6 is 0 Å². The third kappa shape index (κ3) is 4.05. The zero-order chi connectivity index (χ0) is 11.5. The van der Waals surface area contributed by atoms with Crippen molar-refractivity contribution in [3.8, 4) is 0 Å². The van der Waals surface area contributed by atoms with E-state index in [1.165, 1.54) is 5.56 Å². The van der Waals surface area contributed by atoms with Crippen molar-refractivity contribution >= 4 is 30.4 Å². The van der Waals surface area contributed by atoms with Gasteiger partial charge in [-0.2, -0.15) is 0 Å². The molecule has 0 fully saturated rings. The fourth-order valence-electron chi connectivity index (χ4n) is 1.98. The van der Waals surface area contributed by atoms with E-state index in [0.29, 0.717) is 0 Å². The van der Waals surface area contributed by atoms with E-state index >= 15 is 0 Å². The topological polar surface area (TPSA) is 0 Å². The number of hydrogen-bond acceptors (Lipinski definition) is 0. The quantitative estimate of drug-likeness (QED) is 0.724. The maximum atomic E-state index is 2.49. The first-order valence-corrected chi connectivity index (χ1v) is 15.2. The first kappa shape index (κ1) is 12.9. The predicted octanol–water partition coefficient (Wildman–Crippen LogP) is 4.24. The van der Waals surface area contributed by atoms with Gasteiger partial charge >= 0.3 is 101 Å². The molecule has 0 heterocycles. The monoisotopic (exact) mass is 274 g/mol. The second-order valence-corrected chi connectivity index (χ2v) is 17.9. The molecular formula is C13H21GaSi. The molecule has 1 aromatic carbocycles. The third-order valence-corrected chi connectivity index (χ3v) is 15.9. The molecule has 0 nitrogen and oxygen atoms in total. The van der Waals surface area contributed by atoms with Gasteiger partial charge in [-0.1, -0.05) is 0 Å². The van der Waals surface area contributed by atoms with Crippen LogP contribution in [0, 0.1) is 0 Å². The number of benzene rings is 1. The van der Waals surface area contributed by atoms with Gasteiger partial charge in [0.25, 0.3) is 0 Å². The molecule has 80 valence electrons.